The molecule has 1 amide bonds. The van der Waals surface area contributed by atoms with E-state index in [0.29, 0.717) is 34.7 Å². The summed E-state index contributed by atoms with van der Waals surface area (Å²) in [6.45, 7) is 1.04. The molecule has 14 heteroatoms. The lowest BCUT2D eigenvalue weighted by atomic mass is 9.82. The van der Waals surface area contributed by atoms with Crippen LogP contribution in [-0.2, 0) is 10.2 Å². The van der Waals surface area contributed by atoms with Crippen molar-refractivity contribution in [1.29, 1.82) is 0 Å². The van der Waals surface area contributed by atoms with Crippen molar-refractivity contribution >= 4 is 5.91 Å². The molecule has 0 bridgehead atoms. The van der Waals surface area contributed by atoms with Gasteiger partial charge in [0.2, 0.25) is 11.8 Å². The summed E-state index contributed by atoms with van der Waals surface area (Å²) in [5.74, 6) is 0.700. The Morgan fingerprint density at radius 2 is 1.90 bits per heavy atom. The van der Waals surface area contributed by atoms with E-state index < -0.39 is 42.5 Å². The van der Waals surface area contributed by atoms with Crippen molar-refractivity contribution in [2.45, 2.75) is 43.3 Å². The van der Waals surface area contributed by atoms with Gasteiger partial charge in [0.25, 0.3) is 0 Å². The summed E-state index contributed by atoms with van der Waals surface area (Å²) in [5, 5.41) is 29.8. The first-order valence-electron chi connectivity index (χ1n) is 13.1. The number of nitrogens with one attached hydrogen (secondary N) is 1. The molecule has 222 valence electrons. The average Bonchev–Trinajstić information content (AvgIpc) is 3.48. The second kappa shape index (κ2) is 10.4. The Morgan fingerprint density at radius 3 is 2.62 bits per heavy atom. The number of halogens is 2. The van der Waals surface area contributed by atoms with Crippen LogP contribution in [0, 0.1) is 0 Å². The lowest BCUT2D eigenvalue weighted by Gasteiger charge is -2.34. The summed E-state index contributed by atoms with van der Waals surface area (Å²) in [5.41, 5.74) is 0.349. The zero-order valence-electron chi connectivity index (χ0n) is 22.5. The first-order valence-corrected chi connectivity index (χ1v) is 13.1. The van der Waals surface area contributed by atoms with E-state index in [1.807, 2.05) is 0 Å². The highest BCUT2D eigenvalue weighted by Crippen LogP contribution is 2.50. The molecule has 4 atom stereocenters. The number of carbonyl (C=O) groups excluding carboxylic acids is 1. The zero-order valence-corrected chi connectivity index (χ0v) is 22.5. The molecule has 0 saturated heterocycles. The number of methoxy groups -OCH3 is 1. The number of benzene rings is 2. The maximum absolute atomic E-state index is 13.8. The van der Waals surface area contributed by atoms with Crippen LogP contribution in [-0.4, -0.2) is 65.6 Å². The number of rotatable bonds is 8. The highest BCUT2D eigenvalue weighted by atomic mass is 19.3. The Bertz CT molecular complexity index is 1510. The van der Waals surface area contributed by atoms with Crippen molar-refractivity contribution in [3.63, 3.8) is 0 Å². The van der Waals surface area contributed by atoms with Crippen LogP contribution >= 0.6 is 0 Å². The van der Waals surface area contributed by atoms with Gasteiger partial charge < -0.3 is 44.0 Å². The summed E-state index contributed by atoms with van der Waals surface area (Å²) in [6.07, 6.45) is -5.17. The normalized spacial score (nSPS) is 23.6. The van der Waals surface area contributed by atoms with Crippen LogP contribution in [0.2, 0.25) is 0 Å². The molecule has 1 unspecified atom stereocenters. The predicted molar refractivity (Wildman–Crippen MR) is 138 cm³/mol. The highest BCUT2D eigenvalue weighted by Gasteiger charge is 2.49. The fourth-order valence-corrected chi connectivity index (χ4v) is 5.04. The van der Waals surface area contributed by atoms with Gasteiger partial charge in [0.1, 0.15) is 53.8 Å². The molecule has 0 fully saturated rings. The molecule has 0 saturated carbocycles. The Kier molecular flexibility index (Phi) is 6.89. The van der Waals surface area contributed by atoms with E-state index in [1.54, 1.807) is 37.3 Å². The maximum Gasteiger partial charge on any atom is 0.586 e. The van der Waals surface area contributed by atoms with Crippen molar-refractivity contribution in [3.8, 4) is 34.6 Å². The lowest BCUT2D eigenvalue weighted by Crippen LogP contribution is -2.46. The number of aliphatic hydroxyl groups is 2. The molecule has 3 aromatic rings. The molecule has 0 radical (unpaired) electrons. The van der Waals surface area contributed by atoms with E-state index in [0.717, 1.165) is 0 Å². The summed E-state index contributed by atoms with van der Waals surface area (Å²) in [4.78, 5) is 13.8. The molecule has 0 aliphatic carbocycles. The van der Waals surface area contributed by atoms with Crippen molar-refractivity contribution in [1.82, 2.24) is 15.5 Å². The predicted octanol–water partition coefficient (Wildman–Crippen LogP) is 2.57. The van der Waals surface area contributed by atoms with Gasteiger partial charge in [0.05, 0.1) is 19.8 Å². The van der Waals surface area contributed by atoms with Gasteiger partial charge in [-0.1, -0.05) is 0 Å². The fraction of sp³-hybridized carbons (Fsp3) is 0.393. The van der Waals surface area contributed by atoms with Gasteiger partial charge in [-0.2, -0.15) is 0 Å². The third kappa shape index (κ3) is 5.07. The molecular formula is C28H27F2N3O9. The number of aromatic nitrogens is 2. The van der Waals surface area contributed by atoms with Gasteiger partial charge in [-0.15, -0.1) is 19.0 Å². The Balaban J connectivity index is 1.25. The van der Waals surface area contributed by atoms with Crippen LogP contribution in [0.25, 0.3) is 0 Å². The van der Waals surface area contributed by atoms with Gasteiger partial charge in [0.15, 0.2) is 11.5 Å². The molecule has 4 heterocycles. The fourth-order valence-electron chi connectivity index (χ4n) is 5.04. The highest BCUT2D eigenvalue weighted by molar-refractivity contribution is 5.90. The third-order valence-corrected chi connectivity index (χ3v) is 7.36. The molecule has 42 heavy (non-hydrogen) atoms. The van der Waals surface area contributed by atoms with E-state index in [-0.39, 0.29) is 36.3 Å². The van der Waals surface area contributed by atoms with Crippen LogP contribution in [0.5, 0.6) is 34.6 Å². The number of nitrogens with zero attached hydrogens (tertiary/aromatic N) is 2. The third-order valence-electron chi connectivity index (χ3n) is 7.36. The molecule has 1 aromatic heterocycles. The van der Waals surface area contributed by atoms with Crippen molar-refractivity contribution in [2.75, 3.05) is 26.9 Å². The van der Waals surface area contributed by atoms with Gasteiger partial charge in [-0.25, -0.2) is 0 Å². The molecule has 0 spiro atoms. The van der Waals surface area contributed by atoms with Gasteiger partial charge >= 0.3 is 6.29 Å². The number of amides is 1. The minimum absolute atomic E-state index is 0.0204. The number of alkyl halides is 2. The number of fused-ring (bicyclic) bond motifs is 3. The number of carbonyl (C=O) groups is 1. The van der Waals surface area contributed by atoms with Gasteiger partial charge in [0, 0.05) is 35.7 Å². The first-order chi connectivity index (χ1) is 20.1. The molecule has 2 aromatic carbocycles. The summed E-state index contributed by atoms with van der Waals surface area (Å²) in [7, 11) is 1.53. The second-order valence-electron chi connectivity index (χ2n) is 10.3. The Hall–Kier alpha value is -4.43. The second-order valence-corrected chi connectivity index (χ2v) is 10.3. The Labute approximate surface area is 238 Å². The van der Waals surface area contributed by atoms with E-state index in [4.69, 9.17) is 24.1 Å². The molecular weight excluding hydrogens is 560 g/mol. The number of ether oxygens (including phenoxy) is 6. The maximum atomic E-state index is 13.8. The number of aliphatic hydroxyl groups excluding tert-OH is 2. The van der Waals surface area contributed by atoms with Gasteiger partial charge in [-0.05, 0) is 31.2 Å². The molecule has 3 N–H and O–H groups in total. The lowest BCUT2D eigenvalue weighted by molar-refractivity contribution is -0.286. The molecule has 12 nitrogen and oxygen atoms in total. The standard InChI is InChI=1S/C28H27F2N3O9/c1-27(13-39-21-10-24-23(8-17(21)27)41-28(29,30)42-24)26(36)31-19-9-22(40-20-7-15(37-2)3-4-16(19)20)18-5-6-25(33-32-18)38-12-14(35)11-34/h3-8,10,14,19,22,34-35H,9,11-13H2,1-2H3,(H,31,36)/t14-,19+,22?,27-/m0/s1. The zero-order chi connectivity index (χ0) is 29.6. The van der Waals surface area contributed by atoms with E-state index in [9.17, 15) is 18.7 Å². The summed E-state index contributed by atoms with van der Waals surface area (Å²) in [6, 6.07) is 10.6. The average molecular weight is 588 g/mol. The number of hydrogen-bond donors (Lipinski definition) is 3. The monoisotopic (exact) mass is 587 g/mol. The van der Waals surface area contributed by atoms with Crippen LogP contribution < -0.4 is 33.7 Å². The quantitative estimate of drug-likeness (QED) is 0.357. The van der Waals surface area contributed by atoms with Crippen LogP contribution in [0.1, 0.15) is 42.3 Å². The summed E-state index contributed by atoms with van der Waals surface area (Å²) < 4.78 is 59.0. The van der Waals surface area contributed by atoms with E-state index in [2.05, 4.69) is 25.0 Å². The number of hydrogen-bond acceptors (Lipinski definition) is 11. The smallest absolute Gasteiger partial charge is 0.497 e. The van der Waals surface area contributed by atoms with E-state index in [1.165, 1.54) is 19.2 Å². The summed E-state index contributed by atoms with van der Waals surface area (Å²) >= 11 is 0. The largest absolute Gasteiger partial charge is 0.586 e. The van der Waals surface area contributed by atoms with Crippen molar-refractivity contribution < 1.29 is 52.2 Å². The van der Waals surface area contributed by atoms with Crippen molar-refractivity contribution in [3.05, 3.63) is 59.3 Å². The van der Waals surface area contributed by atoms with E-state index >= 15 is 0 Å². The molecule has 6 rings (SSSR count). The van der Waals surface area contributed by atoms with Crippen molar-refractivity contribution in [2.24, 2.45) is 0 Å². The van der Waals surface area contributed by atoms with Crippen LogP contribution in [0.15, 0.2) is 42.5 Å². The Morgan fingerprint density at radius 1 is 1.12 bits per heavy atom. The van der Waals surface area contributed by atoms with Crippen LogP contribution in [0.3, 0.4) is 0 Å². The molecule has 3 aliphatic heterocycles. The minimum atomic E-state index is -3.80. The SMILES string of the molecule is COc1ccc2c(c1)OC(c1ccc(OC[C@@H](O)CO)nn1)C[C@H]2NC(=O)[C@@]1(C)COc2cc3c(cc21)OC(F)(F)O3. The van der Waals surface area contributed by atoms with Crippen LogP contribution in [0.4, 0.5) is 8.78 Å². The first kappa shape index (κ1) is 27.7. The van der Waals surface area contributed by atoms with Gasteiger partial charge in [-0.3, -0.25) is 4.79 Å². The minimum Gasteiger partial charge on any atom is -0.497 e. The molecule has 3 aliphatic rings. The topological polar surface area (TPSA) is 151 Å².